The van der Waals surface area contributed by atoms with E-state index in [0.717, 1.165) is 18.2 Å². The number of hydrogen-bond donors (Lipinski definition) is 0. The van der Waals surface area contributed by atoms with Crippen LogP contribution in [0.4, 0.5) is 26.3 Å². The van der Waals surface area contributed by atoms with Gasteiger partial charge in [-0.2, -0.15) is 13.2 Å². The molecule has 2 nitrogen and oxygen atoms in total. The number of rotatable bonds is 4. The number of Topliss-reactive ketones (excluding diaryl/α,β-unsaturated/α-hetero) is 1. The lowest BCUT2D eigenvalue weighted by Crippen LogP contribution is -2.19. The second-order valence-electron chi connectivity index (χ2n) is 3.71. The van der Waals surface area contributed by atoms with Crippen molar-refractivity contribution in [2.45, 2.75) is 28.5 Å². The van der Waals surface area contributed by atoms with Gasteiger partial charge in [-0.05, 0) is 30.8 Å². The predicted octanol–water partition coefficient (Wildman–Crippen LogP) is 5.16. The summed E-state index contributed by atoms with van der Waals surface area (Å²) in [4.78, 5) is 10.0. The van der Waals surface area contributed by atoms with Crippen molar-refractivity contribution < 1.29 is 35.9 Å². The van der Waals surface area contributed by atoms with E-state index in [2.05, 4.69) is 20.7 Å². The third-order valence-electron chi connectivity index (χ3n) is 2.05. The number of thioether (sulfide) groups is 1. The van der Waals surface area contributed by atoms with Gasteiger partial charge in [0.25, 0.3) is 0 Å². The first-order valence-electron chi connectivity index (χ1n) is 5.23. The molecule has 1 unspecified atom stereocenters. The quantitative estimate of drug-likeness (QED) is 0.304. The van der Waals surface area contributed by atoms with Crippen molar-refractivity contribution in [1.29, 1.82) is 0 Å². The molecule has 0 aromatic heterocycles. The Balaban J connectivity index is 3.37. The summed E-state index contributed by atoms with van der Waals surface area (Å²) in [6.07, 6.45) is -5.16. The topological polar surface area (TPSA) is 26.3 Å². The van der Waals surface area contributed by atoms with Crippen LogP contribution in [0.5, 0.6) is 5.75 Å². The van der Waals surface area contributed by atoms with Crippen molar-refractivity contribution in [3.8, 4) is 5.75 Å². The molecule has 118 valence electrons. The zero-order chi connectivity index (χ0) is 16.4. The van der Waals surface area contributed by atoms with Crippen molar-refractivity contribution in [2.75, 3.05) is 0 Å². The first-order chi connectivity index (χ1) is 9.41. The average molecular weight is 397 g/mol. The van der Waals surface area contributed by atoms with Gasteiger partial charge in [-0.25, -0.2) is 0 Å². The molecule has 0 fully saturated rings. The van der Waals surface area contributed by atoms with Gasteiger partial charge in [-0.15, -0.1) is 13.2 Å². The SMILES string of the molecule is CC(Br)C(=O)c1cccc(OC(F)(F)F)c1SC(F)(F)F. The Kier molecular flexibility index (Phi) is 5.59. The highest BCUT2D eigenvalue weighted by Gasteiger charge is 2.37. The Morgan fingerprint density at radius 1 is 1.24 bits per heavy atom. The molecule has 21 heavy (non-hydrogen) atoms. The van der Waals surface area contributed by atoms with Gasteiger partial charge in [0.05, 0.1) is 9.72 Å². The van der Waals surface area contributed by atoms with Crippen molar-refractivity contribution in [2.24, 2.45) is 0 Å². The average Bonchev–Trinajstić information content (AvgIpc) is 2.26. The summed E-state index contributed by atoms with van der Waals surface area (Å²) in [5.74, 6) is -1.85. The molecule has 0 saturated heterocycles. The number of ketones is 1. The molecule has 10 heteroatoms. The van der Waals surface area contributed by atoms with Crippen LogP contribution < -0.4 is 4.74 Å². The Labute approximate surface area is 128 Å². The van der Waals surface area contributed by atoms with E-state index in [0.29, 0.717) is 0 Å². The van der Waals surface area contributed by atoms with Gasteiger partial charge in [-0.3, -0.25) is 4.79 Å². The summed E-state index contributed by atoms with van der Waals surface area (Å²) < 4.78 is 77.8. The minimum Gasteiger partial charge on any atom is -0.405 e. The highest BCUT2D eigenvalue weighted by molar-refractivity contribution is 9.10. The van der Waals surface area contributed by atoms with Gasteiger partial charge >= 0.3 is 11.9 Å². The summed E-state index contributed by atoms with van der Waals surface area (Å²) in [5, 5.41) is 0. The predicted molar refractivity (Wildman–Crippen MR) is 67.8 cm³/mol. The molecule has 0 saturated carbocycles. The lowest BCUT2D eigenvalue weighted by Gasteiger charge is -2.17. The maximum Gasteiger partial charge on any atom is 0.573 e. The van der Waals surface area contributed by atoms with Crippen LogP contribution in [0, 0.1) is 0 Å². The Hall–Kier alpha value is -0.900. The molecule has 0 aliphatic heterocycles. The second-order valence-corrected chi connectivity index (χ2v) is 6.16. The lowest BCUT2D eigenvalue weighted by molar-refractivity contribution is -0.275. The number of ether oxygens (including phenoxy) is 1. The summed E-state index contributed by atoms with van der Waals surface area (Å²) in [7, 11) is 0. The van der Waals surface area contributed by atoms with E-state index < -0.39 is 50.5 Å². The summed E-state index contributed by atoms with van der Waals surface area (Å²) in [5.41, 5.74) is -5.36. The van der Waals surface area contributed by atoms with E-state index >= 15 is 0 Å². The highest BCUT2D eigenvalue weighted by atomic mass is 79.9. The summed E-state index contributed by atoms with van der Waals surface area (Å²) in [6.45, 7) is 1.35. The molecule has 0 amide bonds. The van der Waals surface area contributed by atoms with E-state index in [1.165, 1.54) is 6.92 Å². The highest BCUT2D eigenvalue weighted by Crippen LogP contribution is 2.45. The number of carbonyl (C=O) groups excluding carboxylic acids is 1. The minimum atomic E-state index is -5.16. The maximum atomic E-state index is 12.5. The normalized spacial score (nSPS) is 13.9. The van der Waals surface area contributed by atoms with Gasteiger partial charge in [0, 0.05) is 5.56 Å². The fourth-order valence-electron chi connectivity index (χ4n) is 1.35. The van der Waals surface area contributed by atoms with Gasteiger partial charge in [0.2, 0.25) is 0 Å². The number of benzene rings is 1. The maximum absolute atomic E-state index is 12.5. The van der Waals surface area contributed by atoms with Gasteiger partial charge < -0.3 is 4.74 Å². The molecule has 0 radical (unpaired) electrons. The van der Waals surface area contributed by atoms with E-state index in [1.807, 2.05) is 0 Å². The van der Waals surface area contributed by atoms with Crippen molar-refractivity contribution in [1.82, 2.24) is 0 Å². The first kappa shape index (κ1) is 18.1. The van der Waals surface area contributed by atoms with Crippen LogP contribution in [-0.4, -0.2) is 22.5 Å². The zero-order valence-corrected chi connectivity index (χ0v) is 12.6. The molecule has 1 rings (SSSR count). The van der Waals surface area contributed by atoms with E-state index in [-0.39, 0.29) is 0 Å². The fourth-order valence-corrected chi connectivity index (χ4v) is 2.32. The van der Waals surface area contributed by atoms with Crippen molar-refractivity contribution in [3.63, 3.8) is 0 Å². The number of alkyl halides is 7. The third-order valence-corrected chi connectivity index (χ3v) is 3.32. The second kappa shape index (κ2) is 6.47. The fraction of sp³-hybridized carbons (Fsp3) is 0.364. The monoisotopic (exact) mass is 396 g/mol. The van der Waals surface area contributed by atoms with Crippen molar-refractivity contribution in [3.05, 3.63) is 23.8 Å². The number of hydrogen-bond acceptors (Lipinski definition) is 3. The third kappa shape index (κ3) is 5.77. The van der Waals surface area contributed by atoms with Crippen LogP contribution in [0.3, 0.4) is 0 Å². The van der Waals surface area contributed by atoms with Crippen LogP contribution in [0.25, 0.3) is 0 Å². The molecule has 0 bridgehead atoms. The van der Waals surface area contributed by atoms with Gasteiger partial charge in [0.1, 0.15) is 5.75 Å². The smallest absolute Gasteiger partial charge is 0.405 e. The molecule has 0 heterocycles. The first-order valence-corrected chi connectivity index (χ1v) is 6.96. The molecule has 0 spiro atoms. The Bertz CT molecular complexity index is 526. The molecule has 1 aromatic carbocycles. The molecular weight excluding hydrogens is 390 g/mol. The van der Waals surface area contributed by atoms with E-state index in [4.69, 9.17) is 0 Å². The Morgan fingerprint density at radius 2 is 1.81 bits per heavy atom. The van der Waals surface area contributed by atoms with Crippen molar-refractivity contribution >= 4 is 33.5 Å². The largest absolute Gasteiger partial charge is 0.573 e. The van der Waals surface area contributed by atoms with E-state index in [1.54, 1.807) is 0 Å². The number of carbonyl (C=O) groups is 1. The lowest BCUT2D eigenvalue weighted by atomic mass is 10.1. The van der Waals surface area contributed by atoms with Gasteiger partial charge in [0.15, 0.2) is 5.78 Å². The standard InChI is InChI=1S/C11H7BrF6O2S/c1-5(12)8(19)6-3-2-4-7(20-10(13,14)15)9(6)21-11(16,17)18/h2-5H,1H3. The molecule has 1 atom stereocenters. The number of halogens is 7. The molecule has 1 aromatic rings. The van der Waals surface area contributed by atoms with Crippen LogP contribution in [0.2, 0.25) is 0 Å². The molecular formula is C11H7BrF6O2S. The van der Waals surface area contributed by atoms with E-state index in [9.17, 15) is 31.1 Å². The molecule has 0 N–H and O–H groups in total. The molecule has 0 aliphatic carbocycles. The van der Waals surface area contributed by atoms with Gasteiger partial charge in [-0.1, -0.05) is 22.0 Å². The van der Waals surface area contributed by atoms with Crippen LogP contribution in [-0.2, 0) is 0 Å². The summed E-state index contributed by atoms with van der Waals surface area (Å²) in [6, 6.07) is 2.75. The minimum absolute atomic E-state index is 0.497. The van der Waals surface area contributed by atoms with Crippen LogP contribution >= 0.6 is 27.7 Å². The summed E-state index contributed by atoms with van der Waals surface area (Å²) >= 11 is 2.05. The Morgan fingerprint density at radius 3 is 2.24 bits per heavy atom. The van der Waals surface area contributed by atoms with Crippen LogP contribution in [0.15, 0.2) is 23.1 Å². The van der Waals surface area contributed by atoms with Crippen LogP contribution in [0.1, 0.15) is 17.3 Å². The molecule has 0 aliphatic rings. The zero-order valence-electron chi connectivity index (χ0n) is 10.2.